The fourth-order valence-corrected chi connectivity index (χ4v) is 1.93. The van der Waals surface area contributed by atoms with Gasteiger partial charge in [0.15, 0.2) is 5.65 Å². The van der Waals surface area contributed by atoms with Crippen molar-refractivity contribution in [2.45, 2.75) is 13.3 Å². The highest BCUT2D eigenvalue weighted by molar-refractivity contribution is 5.51. The van der Waals surface area contributed by atoms with Crippen molar-refractivity contribution in [1.82, 2.24) is 24.6 Å². The molecule has 0 saturated carbocycles. The predicted molar refractivity (Wildman–Crippen MR) is 68.5 cm³/mol. The standard InChI is InChI=1S/C12H14N6/c1-9-4-11(18-12(5-9)16-8-17-18)14-3-2-10-6-13-7-15-10/h4-8,14H,2-3H2,1H3,(H,13,15). The number of anilines is 1. The summed E-state index contributed by atoms with van der Waals surface area (Å²) >= 11 is 0. The molecular weight excluding hydrogens is 228 g/mol. The number of hydrogen-bond donors (Lipinski definition) is 2. The van der Waals surface area contributed by atoms with Gasteiger partial charge >= 0.3 is 0 Å². The molecule has 3 rings (SSSR count). The quantitative estimate of drug-likeness (QED) is 0.725. The number of aromatic amines is 1. The molecule has 0 aliphatic rings. The van der Waals surface area contributed by atoms with Crippen molar-refractivity contribution in [1.29, 1.82) is 0 Å². The van der Waals surface area contributed by atoms with Gasteiger partial charge in [0.1, 0.15) is 12.1 Å². The van der Waals surface area contributed by atoms with Crippen LogP contribution >= 0.6 is 0 Å². The molecule has 3 heterocycles. The zero-order chi connectivity index (χ0) is 12.4. The van der Waals surface area contributed by atoms with Crippen LogP contribution in [-0.2, 0) is 6.42 Å². The SMILES string of the molecule is Cc1cc(NCCc2cnc[nH]2)n2ncnc2c1. The minimum absolute atomic E-state index is 0.820. The number of hydrogen-bond acceptors (Lipinski definition) is 4. The number of aromatic nitrogens is 5. The van der Waals surface area contributed by atoms with Gasteiger partial charge in [0.2, 0.25) is 0 Å². The summed E-state index contributed by atoms with van der Waals surface area (Å²) in [5.41, 5.74) is 3.14. The van der Waals surface area contributed by atoms with E-state index in [2.05, 4.69) is 38.4 Å². The van der Waals surface area contributed by atoms with Gasteiger partial charge in [0.25, 0.3) is 0 Å². The minimum Gasteiger partial charge on any atom is -0.370 e. The summed E-state index contributed by atoms with van der Waals surface area (Å²) in [7, 11) is 0. The number of H-pyrrole nitrogens is 1. The average molecular weight is 242 g/mol. The molecule has 0 amide bonds. The maximum absolute atomic E-state index is 4.20. The molecule has 0 bridgehead atoms. The lowest BCUT2D eigenvalue weighted by Crippen LogP contribution is -2.09. The molecule has 0 unspecified atom stereocenters. The molecule has 0 radical (unpaired) electrons. The van der Waals surface area contributed by atoms with Crippen LogP contribution in [-0.4, -0.2) is 31.1 Å². The maximum atomic E-state index is 4.20. The first-order valence-electron chi connectivity index (χ1n) is 5.84. The van der Waals surface area contributed by atoms with Crippen LogP contribution in [0.4, 0.5) is 5.82 Å². The molecule has 0 fully saturated rings. The van der Waals surface area contributed by atoms with Crippen molar-refractivity contribution in [2.75, 3.05) is 11.9 Å². The smallest absolute Gasteiger partial charge is 0.157 e. The Morgan fingerprint density at radius 2 is 2.33 bits per heavy atom. The van der Waals surface area contributed by atoms with Crippen LogP contribution in [0.5, 0.6) is 0 Å². The fraction of sp³-hybridized carbons (Fsp3) is 0.250. The molecule has 0 aromatic carbocycles. The summed E-state index contributed by atoms with van der Waals surface area (Å²) in [6, 6.07) is 4.07. The number of nitrogens with one attached hydrogen (secondary N) is 2. The highest BCUT2D eigenvalue weighted by Crippen LogP contribution is 2.13. The van der Waals surface area contributed by atoms with Gasteiger partial charge in [-0.05, 0) is 24.6 Å². The van der Waals surface area contributed by atoms with E-state index in [9.17, 15) is 0 Å². The van der Waals surface area contributed by atoms with Crippen LogP contribution in [0.25, 0.3) is 5.65 Å². The van der Waals surface area contributed by atoms with Crippen molar-refractivity contribution in [3.8, 4) is 0 Å². The van der Waals surface area contributed by atoms with Gasteiger partial charge in [-0.3, -0.25) is 0 Å². The zero-order valence-electron chi connectivity index (χ0n) is 10.1. The lowest BCUT2D eigenvalue weighted by atomic mass is 10.3. The maximum Gasteiger partial charge on any atom is 0.157 e. The summed E-state index contributed by atoms with van der Waals surface area (Å²) < 4.78 is 1.81. The van der Waals surface area contributed by atoms with Crippen LogP contribution < -0.4 is 5.32 Å². The molecule has 92 valence electrons. The van der Waals surface area contributed by atoms with Crippen LogP contribution in [0.3, 0.4) is 0 Å². The van der Waals surface area contributed by atoms with Gasteiger partial charge in [-0.1, -0.05) is 0 Å². The van der Waals surface area contributed by atoms with E-state index in [-0.39, 0.29) is 0 Å². The summed E-state index contributed by atoms with van der Waals surface area (Å²) in [6.45, 7) is 2.87. The van der Waals surface area contributed by atoms with Crippen molar-refractivity contribution in [3.05, 3.63) is 42.2 Å². The van der Waals surface area contributed by atoms with E-state index in [1.54, 1.807) is 17.2 Å². The van der Waals surface area contributed by atoms with Crippen molar-refractivity contribution in [3.63, 3.8) is 0 Å². The van der Waals surface area contributed by atoms with E-state index < -0.39 is 0 Å². The van der Waals surface area contributed by atoms with Gasteiger partial charge in [-0.25, -0.2) is 9.97 Å². The van der Waals surface area contributed by atoms with E-state index in [4.69, 9.17) is 0 Å². The van der Waals surface area contributed by atoms with Gasteiger partial charge in [-0.15, -0.1) is 0 Å². The van der Waals surface area contributed by atoms with Gasteiger partial charge < -0.3 is 10.3 Å². The van der Waals surface area contributed by atoms with E-state index in [1.165, 1.54) is 5.56 Å². The normalized spacial score (nSPS) is 10.9. The Balaban J connectivity index is 1.75. The van der Waals surface area contributed by atoms with E-state index in [0.717, 1.165) is 30.1 Å². The molecule has 2 N–H and O–H groups in total. The lowest BCUT2D eigenvalue weighted by Gasteiger charge is -2.08. The van der Waals surface area contributed by atoms with Gasteiger partial charge in [0.05, 0.1) is 6.33 Å². The monoisotopic (exact) mass is 242 g/mol. The number of aryl methyl sites for hydroxylation is 1. The molecule has 0 atom stereocenters. The van der Waals surface area contributed by atoms with E-state index >= 15 is 0 Å². The second kappa shape index (κ2) is 4.48. The number of imidazole rings is 1. The van der Waals surface area contributed by atoms with Crippen LogP contribution in [0.15, 0.2) is 31.0 Å². The Bertz CT molecular complexity index is 640. The molecule has 0 aliphatic carbocycles. The third-order valence-corrected chi connectivity index (χ3v) is 2.78. The number of fused-ring (bicyclic) bond motifs is 1. The Kier molecular flexibility index (Phi) is 2.68. The van der Waals surface area contributed by atoms with Gasteiger partial charge in [0, 0.05) is 24.9 Å². The summed E-state index contributed by atoms with van der Waals surface area (Å²) in [5, 5.41) is 7.56. The van der Waals surface area contributed by atoms with Crippen LogP contribution in [0.2, 0.25) is 0 Å². The van der Waals surface area contributed by atoms with Crippen molar-refractivity contribution >= 4 is 11.5 Å². The van der Waals surface area contributed by atoms with E-state index in [1.807, 2.05) is 12.3 Å². The summed E-state index contributed by atoms with van der Waals surface area (Å²) in [5.74, 6) is 0.960. The Labute approximate surface area is 104 Å². The lowest BCUT2D eigenvalue weighted by molar-refractivity contribution is 0.915. The molecule has 6 heteroatoms. The molecule has 0 aliphatic heterocycles. The molecule has 18 heavy (non-hydrogen) atoms. The highest BCUT2D eigenvalue weighted by Gasteiger charge is 2.03. The first-order chi connectivity index (χ1) is 8.83. The molecular formula is C12H14N6. The van der Waals surface area contributed by atoms with Crippen molar-refractivity contribution in [2.24, 2.45) is 0 Å². The zero-order valence-corrected chi connectivity index (χ0v) is 10.1. The Hall–Kier alpha value is -2.37. The Morgan fingerprint density at radius 3 is 3.17 bits per heavy atom. The molecule has 6 nitrogen and oxygen atoms in total. The number of rotatable bonds is 4. The molecule has 0 saturated heterocycles. The molecule has 0 spiro atoms. The first kappa shape index (κ1) is 10.8. The number of pyridine rings is 1. The first-order valence-corrected chi connectivity index (χ1v) is 5.84. The average Bonchev–Trinajstić information content (AvgIpc) is 2.98. The summed E-state index contributed by atoms with van der Waals surface area (Å²) in [6.07, 6.45) is 5.99. The predicted octanol–water partition coefficient (Wildman–Crippen LogP) is 1.42. The van der Waals surface area contributed by atoms with Crippen LogP contribution in [0, 0.1) is 6.92 Å². The second-order valence-corrected chi connectivity index (χ2v) is 4.20. The largest absolute Gasteiger partial charge is 0.370 e. The van der Waals surface area contributed by atoms with Crippen LogP contribution in [0.1, 0.15) is 11.3 Å². The second-order valence-electron chi connectivity index (χ2n) is 4.20. The van der Waals surface area contributed by atoms with Gasteiger partial charge in [-0.2, -0.15) is 9.61 Å². The minimum atomic E-state index is 0.820. The van der Waals surface area contributed by atoms with E-state index in [0.29, 0.717) is 0 Å². The molecule has 3 aromatic rings. The third-order valence-electron chi connectivity index (χ3n) is 2.78. The number of nitrogens with zero attached hydrogens (tertiary/aromatic N) is 4. The third kappa shape index (κ3) is 2.04. The summed E-state index contributed by atoms with van der Waals surface area (Å²) in [4.78, 5) is 11.3. The van der Waals surface area contributed by atoms with Crippen molar-refractivity contribution < 1.29 is 0 Å². The Morgan fingerprint density at radius 1 is 1.39 bits per heavy atom. The highest BCUT2D eigenvalue weighted by atomic mass is 15.3. The molecule has 3 aromatic heterocycles. The fourth-order valence-electron chi connectivity index (χ4n) is 1.93. The topological polar surface area (TPSA) is 70.9 Å².